The largest absolute Gasteiger partial charge is 0.445 e. The minimum absolute atomic E-state index is 0.00628. The summed E-state index contributed by atoms with van der Waals surface area (Å²) in [5.74, 6) is -7.70. The van der Waals surface area contributed by atoms with Gasteiger partial charge in [0.2, 0.25) is 65.0 Å². The van der Waals surface area contributed by atoms with Gasteiger partial charge in [-0.3, -0.25) is 86.5 Å². The molecule has 0 saturated carbocycles. The summed E-state index contributed by atoms with van der Waals surface area (Å²) in [6.07, 6.45) is 9.51. The molecule has 4 fully saturated rings. The highest BCUT2D eigenvalue weighted by Crippen LogP contribution is 2.37. The molecule has 0 spiro atoms. The van der Waals surface area contributed by atoms with E-state index in [1.165, 1.54) is 64.2 Å². The van der Waals surface area contributed by atoms with Crippen LogP contribution < -0.4 is 21.7 Å². The number of likely N-dealkylation sites (N-methyl/N-ethyl adjacent to an activating group) is 4. The van der Waals surface area contributed by atoms with Gasteiger partial charge in [0.25, 0.3) is 0 Å². The average Bonchev–Trinajstić information content (AvgIpc) is 1.69. The Hall–Kier alpha value is -8.78. The van der Waals surface area contributed by atoms with E-state index in [0.717, 1.165) is 25.7 Å². The quantitative estimate of drug-likeness (QED) is 0.0347. The number of unbranched alkanes of at least 4 members (excludes halogenated alkanes) is 4. The molecular formula is C106H176N12O23S2. The van der Waals surface area contributed by atoms with Crippen LogP contribution in [0.25, 0.3) is 0 Å². The van der Waals surface area contributed by atoms with Gasteiger partial charge in [-0.15, -0.1) is 0 Å². The lowest BCUT2D eigenvalue weighted by Crippen LogP contribution is -2.54. The van der Waals surface area contributed by atoms with Crippen LogP contribution in [0.4, 0.5) is 15.3 Å². The second-order valence-electron chi connectivity index (χ2n) is 41.5. The first kappa shape index (κ1) is 127. The van der Waals surface area contributed by atoms with Crippen LogP contribution >= 0.6 is 23.5 Å². The summed E-state index contributed by atoms with van der Waals surface area (Å²) < 4.78 is 29.3. The van der Waals surface area contributed by atoms with Crippen LogP contribution in [0.3, 0.4) is 0 Å². The Bertz CT molecular complexity index is 4360. The predicted molar refractivity (Wildman–Crippen MR) is 553 cm³/mol. The Balaban J connectivity index is 0.000000648. The lowest BCUT2D eigenvalue weighted by molar-refractivity contribution is -0.149. The number of primary amides is 1. The molecule has 5 rings (SSSR count). The number of carbonyl (C=O) groups is 18. The van der Waals surface area contributed by atoms with Gasteiger partial charge in [0.15, 0.2) is 17.3 Å². The van der Waals surface area contributed by atoms with Crippen LogP contribution in [0.15, 0.2) is 24.3 Å². The molecule has 4 aliphatic heterocycles. The number of anilines is 1. The molecule has 0 aromatic heterocycles. The number of methoxy groups -OCH3 is 4. The van der Waals surface area contributed by atoms with E-state index in [9.17, 15) is 86.3 Å². The lowest BCUT2D eigenvalue weighted by Gasteiger charge is -2.41. The molecule has 5 N–H and O–H groups in total. The molecule has 810 valence electrons. The molecule has 20 atom stereocenters. The fourth-order valence-electron chi connectivity index (χ4n) is 20.6. The second-order valence-corrected chi connectivity index (χ2v) is 43.6. The van der Waals surface area contributed by atoms with Crippen molar-refractivity contribution in [1.82, 2.24) is 49.8 Å². The van der Waals surface area contributed by atoms with Crippen molar-refractivity contribution in [2.45, 2.75) is 356 Å². The van der Waals surface area contributed by atoms with E-state index >= 15 is 0 Å². The van der Waals surface area contributed by atoms with E-state index in [1.54, 1.807) is 108 Å². The van der Waals surface area contributed by atoms with Gasteiger partial charge in [-0.05, 0) is 150 Å². The zero-order chi connectivity index (χ0) is 108. The molecule has 35 nitrogen and oxygen atoms in total. The van der Waals surface area contributed by atoms with E-state index in [1.807, 2.05) is 108 Å². The summed E-state index contributed by atoms with van der Waals surface area (Å²) in [5, 5.41) is 7.56. The van der Waals surface area contributed by atoms with Crippen molar-refractivity contribution < 1.29 is 110 Å². The first-order valence-electron chi connectivity index (χ1n) is 51.8. The molecule has 4 heterocycles. The fourth-order valence-corrected chi connectivity index (χ4v) is 21.9. The molecule has 143 heavy (non-hydrogen) atoms. The number of hydrogen-bond donors (Lipinski definition) is 4. The monoisotopic (exact) mass is 2050 g/mol. The molecule has 1 aromatic rings. The van der Waals surface area contributed by atoms with Gasteiger partial charge in [0.05, 0.1) is 90.1 Å². The maximum absolute atomic E-state index is 14.7. The third-order valence-electron chi connectivity index (χ3n) is 29.8. The molecular weight excluding hydrogens is 1870 g/mol. The number of thioether (sulfide) groups is 2. The first-order valence-corrected chi connectivity index (χ1v) is 54.3. The molecule has 0 radical (unpaired) electrons. The van der Waals surface area contributed by atoms with Crippen LogP contribution in [0.1, 0.15) is 278 Å². The molecule has 0 bridgehead atoms. The van der Waals surface area contributed by atoms with Gasteiger partial charge >= 0.3 is 12.1 Å². The number of carbonyl (C=O) groups excluding carboxylic acids is 18. The van der Waals surface area contributed by atoms with Crippen molar-refractivity contribution in [3.63, 3.8) is 0 Å². The predicted octanol–water partition coefficient (Wildman–Crippen LogP) is 12.4. The van der Waals surface area contributed by atoms with Crippen LogP contribution in [-0.2, 0) is 107 Å². The van der Waals surface area contributed by atoms with Gasteiger partial charge in [-0.25, -0.2) is 9.59 Å². The number of nitrogens with two attached hydrogens (primary N) is 1. The third-order valence-corrected chi connectivity index (χ3v) is 31.7. The number of nitrogens with one attached hydrogen (secondary N) is 3. The van der Waals surface area contributed by atoms with Gasteiger partial charge < -0.3 is 74.8 Å². The normalized spacial score (nSPS) is 19.4. The number of ketones is 5. The molecule has 4 aliphatic rings. The van der Waals surface area contributed by atoms with Crippen molar-refractivity contribution in [1.29, 1.82) is 0 Å². The Morgan fingerprint density at radius 2 is 0.916 bits per heavy atom. The number of ether oxygens (including phenoxy) is 5. The molecule has 1 aromatic carbocycles. The summed E-state index contributed by atoms with van der Waals surface area (Å²) in [7, 11) is 12.8. The first-order chi connectivity index (χ1) is 67.3. The minimum Gasteiger partial charge on any atom is -0.445 e. The Kier molecular flexibility index (Phi) is 55.2. The van der Waals surface area contributed by atoms with Gasteiger partial charge in [-0.2, -0.15) is 23.5 Å². The number of benzene rings is 1. The molecule has 14 amide bonds. The van der Waals surface area contributed by atoms with Gasteiger partial charge in [0, 0.05) is 170 Å². The van der Waals surface area contributed by atoms with Crippen molar-refractivity contribution in [2.24, 2.45) is 76.7 Å². The number of rotatable bonds is 63. The van der Waals surface area contributed by atoms with E-state index in [4.69, 9.17) is 29.4 Å². The SMILES string of the molecule is CC[C@H](C)C([C@@H](CC(=O)N1CCC[C@H]1[C@H](OC)[C@@H](C)C(C)=O)OC)N(C)C(=O)[C@@H](CC(=O)[C@H](C(C)C)N(C)C(=O)OCc1ccc(NC(=O)[C@H](CCCNC(N)=O)CC(=O)[C@@H](NC(=O)CCCCCN2C(=O)CC(SC)C2=O)C(C)C)cc1)C(C)C.CC[C@H](C)[C@@H]([C@@H](CC(=O)N1CCC[C@H]1[C@H](OC)[C@@H](C)C(C)=O)OC)N(C)C(=O)[C@@H](CC(=O)[C@H](C(C)C)N(C)C(=O)CCCCCN1C(=O)CC(SC)C1=O)C(C)C. The highest BCUT2D eigenvalue weighted by atomic mass is 32.2. The summed E-state index contributed by atoms with van der Waals surface area (Å²) in [4.78, 5) is 251. The van der Waals surface area contributed by atoms with Crippen molar-refractivity contribution >= 4 is 135 Å². The third kappa shape index (κ3) is 36.9. The second kappa shape index (κ2) is 62.4. The highest BCUT2D eigenvalue weighted by molar-refractivity contribution is 8.00. The van der Waals surface area contributed by atoms with E-state index in [0.29, 0.717) is 95.2 Å². The summed E-state index contributed by atoms with van der Waals surface area (Å²) in [6.45, 7) is 35.1. The van der Waals surface area contributed by atoms with Crippen molar-refractivity contribution in [3.8, 4) is 0 Å². The van der Waals surface area contributed by atoms with E-state index in [-0.39, 0.29) is 235 Å². The average molecular weight is 2050 g/mol. The summed E-state index contributed by atoms with van der Waals surface area (Å²) >= 11 is 2.74. The number of amides is 14. The van der Waals surface area contributed by atoms with Crippen LogP contribution in [-0.4, -0.2) is 324 Å². The smallest absolute Gasteiger partial charge is 0.410 e. The van der Waals surface area contributed by atoms with Gasteiger partial charge in [-0.1, -0.05) is 149 Å². The zero-order valence-electron chi connectivity index (χ0n) is 91.1. The van der Waals surface area contributed by atoms with Crippen LogP contribution in [0.5, 0.6) is 0 Å². The number of Topliss-reactive ketones (excluding diaryl/α,β-unsaturated/α-hetero) is 5. The number of hydrogen-bond acceptors (Lipinski definition) is 25. The maximum atomic E-state index is 14.7. The Morgan fingerprint density at radius 3 is 1.28 bits per heavy atom. The van der Waals surface area contributed by atoms with E-state index in [2.05, 4.69) is 16.0 Å². The van der Waals surface area contributed by atoms with Crippen molar-refractivity contribution in [2.75, 3.05) is 107 Å². The maximum Gasteiger partial charge on any atom is 0.410 e. The number of imide groups is 2. The molecule has 37 heteroatoms. The van der Waals surface area contributed by atoms with Crippen LogP contribution in [0, 0.1) is 71.0 Å². The van der Waals surface area contributed by atoms with Crippen LogP contribution in [0.2, 0.25) is 0 Å². The van der Waals surface area contributed by atoms with Gasteiger partial charge in [0.1, 0.15) is 18.2 Å². The van der Waals surface area contributed by atoms with Crippen molar-refractivity contribution in [3.05, 3.63) is 29.8 Å². The number of nitrogens with zero attached hydrogens (tertiary/aromatic N) is 8. The summed E-state index contributed by atoms with van der Waals surface area (Å²) in [5.41, 5.74) is 6.22. The molecule has 4 saturated heterocycles. The Morgan fingerprint density at radius 1 is 0.497 bits per heavy atom. The standard InChI is InChI=1S/C63H102N8O14S.C43H74N4O9S/c1-16-40(8)57(50(83-13)34-53(76)70-31-21-23-47(70)58(84-14)41(9)42(10)72)68(11)60(79)46(37(2)3)33-49(74)56(39(6)7)69(12)63(82)85-36-43-25-27-45(28-26-43)66-59(78)44(22-20-29-65-62(64)81)32-48(73)55(38(4)5)67-52(75)24-18-17-19-30-71-54(77)35-51(86-15)61(71)80;1-14-28(6)40(34(55-11)24-37(51)46-22-18-19-32(46)41(56-12)29(7)30(8)48)45(10)42(53)31(26(2)3)23-33(49)39(27(4)5)44(9)36(50)20-16-15-17-21-47-38(52)25-35(57-13)43(47)54/h25-28,37-41,44,46-47,50-51,55-58H,16-24,29-36H2,1-15H3,(H,66,78)(H,67,75)(H3,64,65,81);26-29,31-32,34-35,39-41H,14-25H2,1-13H3/t40-,41-,44+,46-,47-,50+,51?,55-,56-,57?,58+;28-,29-,31-,32-,34+,35?,39-,40-,41+/m00/s1. The van der Waals surface area contributed by atoms with E-state index < -0.39 is 96.3 Å². The minimum atomic E-state index is -0.944. The zero-order valence-corrected chi connectivity index (χ0v) is 92.7. The summed E-state index contributed by atoms with van der Waals surface area (Å²) in [6, 6.07) is 1.79. The topological polar surface area (TPSA) is 441 Å². The molecule has 3 unspecified atom stereocenters. The molecule has 0 aliphatic carbocycles. The number of urea groups is 1. The number of likely N-dealkylation sites (tertiary alicyclic amines) is 4. The Labute approximate surface area is 860 Å². The fraction of sp³-hybridized carbons (Fsp3) is 0.774. The highest BCUT2D eigenvalue weighted by Gasteiger charge is 2.48. The lowest BCUT2D eigenvalue weighted by atomic mass is 9.83.